The van der Waals surface area contributed by atoms with E-state index in [4.69, 9.17) is 20.9 Å². The number of nitrogens with zero attached hydrogens (tertiary/aromatic N) is 1. The van der Waals surface area contributed by atoms with Gasteiger partial charge in [0.2, 0.25) is 0 Å². The molecule has 0 amide bonds. The lowest BCUT2D eigenvalue weighted by Gasteiger charge is -2.63. The molecule has 13 atom stereocenters. The Morgan fingerprint density at radius 3 is 2.41 bits per heavy atom. The molecule has 2 spiro atoms. The van der Waals surface area contributed by atoms with Crippen molar-refractivity contribution < 1.29 is 24.5 Å². The van der Waals surface area contributed by atoms with E-state index in [0.29, 0.717) is 18.4 Å². The van der Waals surface area contributed by atoms with Gasteiger partial charge in [0.1, 0.15) is 0 Å². The first kappa shape index (κ1) is 29.9. The van der Waals surface area contributed by atoms with Crippen LogP contribution < -0.4 is 5.32 Å². The highest BCUT2D eigenvalue weighted by Crippen LogP contribution is 2.90. The molecule has 41 heavy (non-hydrogen) atoms. The van der Waals surface area contributed by atoms with Crippen LogP contribution in [0.2, 0.25) is 0 Å². The van der Waals surface area contributed by atoms with Gasteiger partial charge >= 0.3 is 5.97 Å². The molecule has 5 aliphatic carbocycles. The molecule has 13 unspecified atom stereocenters. The number of ether oxygens (including phenoxy) is 2. The van der Waals surface area contributed by atoms with E-state index >= 15 is 0 Å². The summed E-state index contributed by atoms with van der Waals surface area (Å²) in [5.74, 6) is 0.407. The van der Waals surface area contributed by atoms with Gasteiger partial charge in [-0.25, -0.2) is 0 Å². The highest BCUT2D eigenvalue weighted by molar-refractivity contribution is 5.66. The zero-order valence-electron chi connectivity index (χ0n) is 26.9. The molecule has 1 heterocycles. The topological polar surface area (TPSA) is 92.4 Å². The molecule has 5 saturated carbocycles. The predicted molar refractivity (Wildman–Crippen MR) is 158 cm³/mol. The minimum absolute atomic E-state index is 0.0547. The van der Waals surface area contributed by atoms with Gasteiger partial charge < -0.3 is 25.0 Å². The molecule has 0 aromatic heterocycles. The van der Waals surface area contributed by atoms with Gasteiger partial charge in [0.05, 0.1) is 34.7 Å². The van der Waals surface area contributed by atoms with E-state index in [-0.39, 0.29) is 50.6 Å². The van der Waals surface area contributed by atoms with E-state index in [1.165, 1.54) is 6.92 Å². The molecule has 230 valence electrons. The third-order valence-corrected chi connectivity index (χ3v) is 15.0. The van der Waals surface area contributed by atoms with Crippen molar-refractivity contribution in [3.8, 4) is 6.57 Å². The largest absolute Gasteiger partial charge is 0.457 e. The quantitative estimate of drug-likeness (QED) is 0.403. The molecule has 3 N–H and O–H groups in total. The summed E-state index contributed by atoms with van der Waals surface area (Å²) in [4.78, 5) is 16.9. The molecule has 6 rings (SSSR count). The van der Waals surface area contributed by atoms with Crippen LogP contribution in [0.3, 0.4) is 0 Å². The molecule has 6 aliphatic rings. The number of aliphatic hydroxyl groups excluding tert-OH is 1. The summed E-state index contributed by atoms with van der Waals surface area (Å²) < 4.78 is 12.5. The van der Waals surface area contributed by atoms with E-state index in [0.717, 1.165) is 44.9 Å². The predicted octanol–water partition coefficient (Wildman–Crippen LogP) is 5.18. The Labute approximate surface area is 247 Å². The van der Waals surface area contributed by atoms with Crippen LogP contribution in [0, 0.1) is 51.4 Å². The number of rotatable bonds is 4. The number of esters is 1. The fourth-order valence-electron chi connectivity index (χ4n) is 13.2. The number of hydrogen-bond acceptors (Lipinski definition) is 6. The maximum absolute atomic E-state index is 12.5. The van der Waals surface area contributed by atoms with Crippen LogP contribution in [-0.4, -0.2) is 64.8 Å². The van der Waals surface area contributed by atoms with E-state index in [1.807, 2.05) is 0 Å². The van der Waals surface area contributed by atoms with Gasteiger partial charge in [-0.15, -0.1) is 0 Å². The molecule has 0 bridgehead atoms. The zero-order chi connectivity index (χ0) is 30.2. The van der Waals surface area contributed by atoms with Gasteiger partial charge in [0.25, 0.3) is 12.1 Å². The number of nitrogens with one attached hydrogen (secondary N) is 1. The summed E-state index contributed by atoms with van der Waals surface area (Å²) in [5, 5.41) is 27.0. The van der Waals surface area contributed by atoms with Gasteiger partial charge in [-0.2, -0.15) is 0 Å². The van der Waals surface area contributed by atoms with Gasteiger partial charge in [-0.05, 0) is 94.4 Å². The smallest absolute Gasteiger partial charge is 0.303 e. The summed E-state index contributed by atoms with van der Waals surface area (Å²) in [6, 6.07) is 0.381. The zero-order valence-corrected chi connectivity index (χ0v) is 26.9. The third-order valence-electron chi connectivity index (χ3n) is 15.0. The van der Waals surface area contributed by atoms with E-state index in [2.05, 4.69) is 47.0 Å². The number of carbonyl (C=O) groups is 1. The van der Waals surface area contributed by atoms with Crippen LogP contribution in [-0.2, 0) is 14.3 Å². The number of aliphatic hydroxyl groups is 2. The average molecular weight is 572 g/mol. The Kier molecular flexibility index (Phi) is 6.34. The summed E-state index contributed by atoms with van der Waals surface area (Å²) in [6.45, 7) is 23.0. The standard InChI is InChI=1S/C34H55N2O5/c1-19-17-21(27(29(5,6)39)40-20(2)37)41-25-24(19)30(7)15-16-32-18-33(32)13-12-23(35-9)28(3,4)34(33,36-10)14-11-22(32)31(30,8)26(25)38/h10,19,21-27,35,38-39H,11-18H2,1-9H3/q+1. The Bertz CT molecular complexity index is 1160. The number of hydrogen-bond donors (Lipinski definition) is 3. The molecular weight excluding hydrogens is 516 g/mol. The van der Waals surface area contributed by atoms with Gasteiger partial charge in [0.15, 0.2) is 6.10 Å². The molecule has 1 aliphatic heterocycles. The minimum atomic E-state index is -1.26. The first-order chi connectivity index (χ1) is 18.9. The Morgan fingerprint density at radius 1 is 1.15 bits per heavy atom. The van der Waals surface area contributed by atoms with Crippen LogP contribution in [0.4, 0.5) is 0 Å². The fourth-order valence-corrected chi connectivity index (χ4v) is 13.2. The lowest BCUT2D eigenvalue weighted by molar-refractivity contribution is -0.216. The number of carbonyl (C=O) groups excluding carboxylic acids is 1. The SMILES string of the molecule is C#[N+]C12CCC3C4(CCC5(C)C6C(C)CC(C(OC(C)=O)C(C)(C)O)OC6C(O)C35C)CC41CCC(NC)C2(C)C. The van der Waals surface area contributed by atoms with Crippen molar-refractivity contribution in [3.05, 3.63) is 4.85 Å². The molecule has 6 fully saturated rings. The normalized spacial score (nSPS) is 53.9. The molecule has 7 heteroatoms. The average Bonchev–Trinajstić information content (AvgIpc) is 3.51. The van der Waals surface area contributed by atoms with Crippen LogP contribution >= 0.6 is 0 Å². The van der Waals surface area contributed by atoms with Crippen molar-refractivity contribution in [1.82, 2.24) is 5.32 Å². The van der Waals surface area contributed by atoms with Crippen LogP contribution in [0.5, 0.6) is 0 Å². The second-order valence-corrected chi connectivity index (χ2v) is 16.8. The number of fused-ring (bicyclic) bond motifs is 4. The maximum Gasteiger partial charge on any atom is 0.303 e. The molecule has 0 aromatic rings. The van der Waals surface area contributed by atoms with E-state index in [1.54, 1.807) is 13.8 Å². The first-order valence-electron chi connectivity index (χ1n) is 16.3. The fraction of sp³-hybridized carbons (Fsp3) is 0.941. The second-order valence-electron chi connectivity index (χ2n) is 16.8. The minimum Gasteiger partial charge on any atom is -0.457 e. The van der Waals surface area contributed by atoms with Crippen molar-refractivity contribution in [2.45, 2.75) is 148 Å². The van der Waals surface area contributed by atoms with Crippen molar-refractivity contribution in [2.75, 3.05) is 7.05 Å². The van der Waals surface area contributed by atoms with Crippen molar-refractivity contribution >= 4 is 5.97 Å². The van der Waals surface area contributed by atoms with E-state index in [9.17, 15) is 15.0 Å². The van der Waals surface area contributed by atoms with Crippen molar-refractivity contribution in [3.63, 3.8) is 0 Å². The lowest BCUT2D eigenvalue weighted by Crippen LogP contribution is -2.67. The second kappa shape index (κ2) is 8.71. The van der Waals surface area contributed by atoms with E-state index < -0.39 is 29.9 Å². The van der Waals surface area contributed by atoms with Crippen molar-refractivity contribution in [1.29, 1.82) is 0 Å². The lowest BCUT2D eigenvalue weighted by atomic mass is 9.39. The maximum atomic E-state index is 12.5. The van der Waals surface area contributed by atoms with Crippen LogP contribution in [0.25, 0.3) is 4.85 Å². The monoisotopic (exact) mass is 571 g/mol. The third kappa shape index (κ3) is 3.27. The van der Waals surface area contributed by atoms with Crippen molar-refractivity contribution in [2.24, 2.45) is 44.8 Å². The van der Waals surface area contributed by atoms with Crippen LogP contribution in [0.15, 0.2) is 0 Å². The highest BCUT2D eigenvalue weighted by Gasteiger charge is 2.92. The van der Waals surface area contributed by atoms with Gasteiger partial charge in [-0.1, -0.05) is 39.5 Å². The van der Waals surface area contributed by atoms with Gasteiger partial charge in [0, 0.05) is 24.8 Å². The highest BCUT2D eigenvalue weighted by atomic mass is 16.6. The molecule has 7 nitrogen and oxygen atoms in total. The summed E-state index contributed by atoms with van der Waals surface area (Å²) in [7, 11) is 2.07. The molecule has 0 radical (unpaired) electrons. The molecular formula is C34H55N2O5+. The summed E-state index contributed by atoms with van der Waals surface area (Å²) >= 11 is 0. The molecule has 0 aromatic carbocycles. The first-order valence-corrected chi connectivity index (χ1v) is 16.3. The summed E-state index contributed by atoms with van der Waals surface area (Å²) in [5.41, 5.74) is -1.74. The summed E-state index contributed by atoms with van der Waals surface area (Å²) in [6.07, 6.45) is 6.07. The Morgan fingerprint density at radius 2 is 1.83 bits per heavy atom. The van der Waals surface area contributed by atoms with Gasteiger partial charge in [-0.3, -0.25) is 4.79 Å². The Hall–Kier alpha value is -1.20. The molecule has 1 saturated heterocycles. The van der Waals surface area contributed by atoms with Crippen LogP contribution in [0.1, 0.15) is 107 Å². The Balaban J connectivity index is 1.38.